The van der Waals surface area contributed by atoms with Gasteiger partial charge in [0.15, 0.2) is 0 Å². The van der Waals surface area contributed by atoms with E-state index in [9.17, 15) is 0 Å². The van der Waals surface area contributed by atoms with Gasteiger partial charge in [-0.3, -0.25) is 0 Å². The SMILES string of the molecule is Cc1ccc2c(c1C1CC1)[N]c1ccccc1-2. The monoisotopic (exact) mass is 220 g/mol. The summed E-state index contributed by atoms with van der Waals surface area (Å²) in [5.41, 5.74) is 7.91. The van der Waals surface area contributed by atoms with E-state index >= 15 is 0 Å². The summed E-state index contributed by atoms with van der Waals surface area (Å²) in [5.74, 6) is 0.767. The Morgan fingerprint density at radius 1 is 1.00 bits per heavy atom. The molecule has 0 amide bonds. The Labute approximate surface area is 101 Å². The second-order valence-corrected chi connectivity index (χ2v) is 5.10. The van der Waals surface area contributed by atoms with Gasteiger partial charge in [-0.25, -0.2) is 5.32 Å². The van der Waals surface area contributed by atoms with Gasteiger partial charge in [-0.15, -0.1) is 0 Å². The van der Waals surface area contributed by atoms with Crippen LogP contribution in [0.5, 0.6) is 0 Å². The van der Waals surface area contributed by atoms with Crippen LogP contribution in [0.4, 0.5) is 11.4 Å². The van der Waals surface area contributed by atoms with Crippen LogP contribution in [0.15, 0.2) is 36.4 Å². The lowest BCUT2D eigenvalue weighted by molar-refractivity contribution is 1.06. The van der Waals surface area contributed by atoms with Gasteiger partial charge in [-0.05, 0) is 42.9 Å². The van der Waals surface area contributed by atoms with E-state index in [2.05, 4.69) is 43.3 Å². The average Bonchev–Trinajstić information content (AvgIpc) is 3.09. The molecule has 1 heterocycles. The first kappa shape index (κ1) is 9.29. The van der Waals surface area contributed by atoms with Crippen molar-refractivity contribution in [3.05, 3.63) is 47.5 Å². The molecule has 2 aromatic rings. The predicted molar refractivity (Wildman–Crippen MR) is 70.0 cm³/mol. The van der Waals surface area contributed by atoms with Gasteiger partial charge in [0.25, 0.3) is 0 Å². The van der Waals surface area contributed by atoms with Crippen LogP contribution in [-0.4, -0.2) is 0 Å². The highest BCUT2D eigenvalue weighted by molar-refractivity contribution is 5.92. The van der Waals surface area contributed by atoms with Crippen molar-refractivity contribution in [2.24, 2.45) is 0 Å². The fourth-order valence-electron chi connectivity index (χ4n) is 2.85. The lowest BCUT2D eigenvalue weighted by atomic mass is 9.96. The third-order valence-corrected chi connectivity index (χ3v) is 3.85. The lowest BCUT2D eigenvalue weighted by Crippen LogP contribution is -1.93. The minimum Gasteiger partial charge on any atom is -0.247 e. The van der Waals surface area contributed by atoms with Gasteiger partial charge < -0.3 is 0 Å². The molecule has 0 saturated heterocycles. The first-order valence-electron chi connectivity index (χ1n) is 6.29. The average molecular weight is 220 g/mol. The first-order valence-corrected chi connectivity index (χ1v) is 6.29. The second kappa shape index (κ2) is 3.13. The maximum Gasteiger partial charge on any atom is 0.0753 e. The highest BCUT2D eigenvalue weighted by atomic mass is 14.9. The highest BCUT2D eigenvalue weighted by Crippen LogP contribution is 2.52. The molecule has 1 heteroatoms. The Kier molecular flexibility index (Phi) is 1.71. The highest BCUT2D eigenvalue weighted by Gasteiger charge is 2.32. The van der Waals surface area contributed by atoms with Gasteiger partial charge in [0.1, 0.15) is 0 Å². The summed E-state index contributed by atoms with van der Waals surface area (Å²) in [6.07, 6.45) is 2.67. The van der Waals surface area contributed by atoms with Crippen molar-refractivity contribution in [3.8, 4) is 11.1 Å². The van der Waals surface area contributed by atoms with Crippen LogP contribution in [0, 0.1) is 6.92 Å². The molecule has 1 radical (unpaired) electrons. The zero-order chi connectivity index (χ0) is 11.4. The Morgan fingerprint density at radius 2 is 1.82 bits per heavy atom. The van der Waals surface area contributed by atoms with Crippen molar-refractivity contribution in [1.82, 2.24) is 5.32 Å². The van der Waals surface area contributed by atoms with Crippen LogP contribution in [0.1, 0.15) is 29.9 Å². The maximum atomic E-state index is 4.84. The zero-order valence-corrected chi connectivity index (χ0v) is 9.90. The molecular formula is C16H14N. The number of nitrogens with zero attached hydrogens (tertiary/aromatic N) is 1. The molecule has 83 valence electrons. The first-order chi connectivity index (χ1) is 8.34. The van der Waals surface area contributed by atoms with Crippen molar-refractivity contribution in [1.29, 1.82) is 0 Å². The van der Waals surface area contributed by atoms with Gasteiger partial charge in [0, 0.05) is 11.1 Å². The van der Waals surface area contributed by atoms with E-state index in [1.54, 1.807) is 0 Å². The smallest absolute Gasteiger partial charge is 0.0753 e. The third kappa shape index (κ3) is 1.25. The van der Waals surface area contributed by atoms with Gasteiger partial charge in [0.2, 0.25) is 0 Å². The van der Waals surface area contributed by atoms with Crippen molar-refractivity contribution >= 4 is 11.4 Å². The van der Waals surface area contributed by atoms with Crippen LogP contribution in [-0.2, 0) is 0 Å². The molecule has 0 atom stereocenters. The summed E-state index contributed by atoms with van der Waals surface area (Å²) in [7, 11) is 0. The quantitative estimate of drug-likeness (QED) is 0.576. The maximum absolute atomic E-state index is 4.84. The normalized spacial score (nSPS) is 16.3. The van der Waals surface area contributed by atoms with Gasteiger partial charge >= 0.3 is 0 Å². The minimum absolute atomic E-state index is 0.767. The van der Waals surface area contributed by atoms with E-state index in [4.69, 9.17) is 5.32 Å². The number of benzene rings is 2. The molecule has 0 spiro atoms. The van der Waals surface area contributed by atoms with Crippen molar-refractivity contribution in [3.63, 3.8) is 0 Å². The van der Waals surface area contributed by atoms with E-state index in [-0.39, 0.29) is 0 Å². The topological polar surface area (TPSA) is 14.1 Å². The van der Waals surface area contributed by atoms with E-state index < -0.39 is 0 Å². The van der Waals surface area contributed by atoms with Crippen molar-refractivity contribution in [2.75, 3.05) is 0 Å². The van der Waals surface area contributed by atoms with E-state index in [0.717, 1.165) is 11.6 Å². The van der Waals surface area contributed by atoms with Crippen LogP contribution in [0.2, 0.25) is 0 Å². The summed E-state index contributed by atoms with van der Waals surface area (Å²) in [5, 5.41) is 4.84. The molecular weight excluding hydrogens is 206 g/mol. The Bertz CT molecular complexity index is 609. The molecule has 0 bridgehead atoms. The molecule has 1 fully saturated rings. The molecule has 17 heavy (non-hydrogen) atoms. The number of para-hydroxylation sites is 1. The molecule has 2 aromatic carbocycles. The van der Waals surface area contributed by atoms with Crippen LogP contribution in [0.25, 0.3) is 11.1 Å². The third-order valence-electron chi connectivity index (χ3n) is 3.85. The fraction of sp³-hybridized carbons (Fsp3) is 0.250. The van der Waals surface area contributed by atoms with E-state index in [1.165, 1.54) is 40.8 Å². The summed E-state index contributed by atoms with van der Waals surface area (Å²) in [4.78, 5) is 0. The van der Waals surface area contributed by atoms with E-state index in [0.29, 0.717) is 0 Å². The Balaban J connectivity index is 1.98. The molecule has 0 unspecified atom stereocenters. The molecule has 0 N–H and O–H groups in total. The van der Waals surface area contributed by atoms with Gasteiger partial charge in [0.05, 0.1) is 11.4 Å². The molecule has 1 nitrogen and oxygen atoms in total. The van der Waals surface area contributed by atoms with Crippen LogP contribution in [0.3, 0.4) is 0 Å². The number of hydrogen-bond donors (Lipinski definition) is 0. The van der Waals surface area contributed by atoms with Gasteiger partial charge in [-0.1, -0.05) is 30.3 Å². The predicted octanol–water partition coefficient (Wildman–Crippen LogP) is 4.42. The molecule has 4 rings (SSSR count). The Morgan fingerprint density at radius 3 is 2.65 bits per heavy atom. The van der Waals surface area contributed by atoms with Crippen molar-refractivity contribution < 1.29 is 0 Å². The molecule has 1 aliphatic carbocycles. The summed E-state index contributed by atoms with van der Waals surface area (Å²) in [6.45, 7) is 2.21. The van der Waals surface area contributed by atoms with Crippen molar-refractivity contribution in [2.45, 2.75) is 25.7 Å². The largest absolute Gasteiger partial charge is 0.247 e. The number of rotatable bonds is 1. The number of fused-ring (bicyclic) bond motifs is 3. The minimum atomic E-state index is 0.767. The molecule has 0 aromatic heterocycles. The van der Waals surface area contributed by atoms with Crippen LogP contribution >= 0.6 is 0 Å². The summed E-state index contributed by atoms with van der Waals surface area (Å²) in [6, 6.07) is 12.9. The fourth-order valence-corrected chi connectivity index (χ4v) is 2.85. The molecule has 2 aliphatic rings. The lowest BCUT2D eigenvalue weighted by Gasteiger charge is -2.09. The summed E-state index contributed by atoms with van der Waals surface area (Å²) >= 11 is 0. The zero-order valence-electron chi connectivity index (χ0n) is 9.90. The standard InChI is InChI=1S/C16H14N/c1-10-6-9-13-12-4-2-3-5-14(12)17-16(13)15(10)11-7-8-11/h2-6,9,11H,7-8H2,1H3. The second-order valence-electron chi connectivity index (χ2n) is 5.10. The van der Waals surface area contributed by atoms with E-state index in [1.807, 2.05) is 0 Å². The molecule has 1 saturated carbocycles. The molecule has 1 aliphatic heterocycles. The summed E-state index contributed by atoms with van der Waals surface area (Å²) < 4.78 is 0. The number of hydrogen-bond acceptors (Lipinski definition) is 0. The number of aryl methyl sites for hydroxylation is 1. The van der Waals surface area contributed by atoms with Gasteiger partial charge in [-0.2, -0.15) is 0 Å². The Hall–Kier alpha value is -1.76. The van der Waals surface area contributed by atoms with Crippen LogP contribution < -0.4 is 5.32 Å².